The third kappa shape index (κ3) is 6.18. The first-order valence-corrected chi connectivity index (χ1v) is 21.7. The van der Waals surface area contributed by atoms with Crippen LogP contribution in [0.1, 0.15) is 68.7 Å². The summed E-state index contributed by atoms with van der Waals surface area (Å²) >= 11 is 0. The van der Waals surface area contributed by atoms with Gasteiger partial charge in [0.05, 0.1) is 17.3 Å². The van der Waals surface area contributed by atoms with E-state index in [0.717, 1.165) is 63.5 Å². The Morgan fingerprint density at radius 1 is 0.649 bits per heavy atom. The molecule has 3 aromatic carbocycles. The third-order valence-electron chi connectivity index (χ3n) is 14.0. The minimum atomic E-state index is 0.268. The molecule has 0 amide bonds. The highest BCUT2D eigenvalue weighted by Gasteiger charge is 2.49. The van der Waals surface area contributed by atoms with Crippen molar-refractivity contribution < 1.29 is 4.74 Å². The van der Waals surface area contributed by atoms with Gasteiger partial charge in [-0.2, -0.15) is 0 Å². The molecular weight excluding hydrogens is 693 g/mol. The molecule has 4 aromatic rings. The number of fused-ring (bicyclic) bond motifs is 6. The maximum atomic E-state index is 7.02. The molecule has 0 radical (unpaired) electrons. The van der Waals surface area contributed by atoms with Crippen LogP contribution in [0.3, 0.4) is 0 Å². The van der Waals surface area contributed by atoms with Gasteiger partial charge in [0, 0.05) is 39.7 Å². The lowest BCUT2D eigenvalue weighted by Crippen LogP contribution is -2.30. The largest absolute Gasteiger partial charge is 0.492 e. The molecule has 3 heteroatoms. The van der Waals surface area contributed by atoms with Crippen LogP contribution in [0.25, 0.3) is 39.2 Å². The second kappa shape index (κ2) is 14.8. The lowest BCUT2D eigenvalue weighted by molar-refractivity contribution is 0.129. The summed E-state index contributed by atoms with van der Waals surface area (Å²) in [6.07, 6.45) is 45.5. The van der Waals surface area contributed by atoms with Gasteiger partial charge in [-0.15, -0.1) is 0 Å². The van der Waals surface area contributed by atoms with Crippen LogP contribution >= 0.6 is 0 Å². The average Bonchev–Trinajstić information content (AvgIpc) is 3.85. The van der Waals surface area contributed by atoms with E-state index in [1.165, 1.54) is 61.4 Å². The molecule has 3 nitrogen and oxygen atoms in total. The molecule has 7 atom stereocenters. The quantitative estimate of drug-likeness (QED) is 0.191. The molecule has 6 aliphatic carbocycles. The van der Waals surface area contributed by atoms with Crippen LogP contribution in [0.15, 0.2) is 169 Å². The van der Waals surface area contributed by atoms with E-state index >= 15 is 0 Å². The third-order valence-corrected chi connectivity index (χ3v) is 14.0. The number of allylic oxidation sites excluding steroid dienone is 16. The second-order valence-electron chi connectivity index (χ2n) is 17.2. The summed E-state index contributed by atoms with van der Waals surface area (Å²) in [4.78, 5) is 0. The van der Waals surface area contributed by atoms with Gasteiger partial charge in [0.2, 0.25) is 0 Å². The van der Waals surface area contributed by atoms with E-state index in [4.69, 9.17) is 4.74 Å². The first-order chi connectivity index (χ1) is 28.3. The van der Waals surface area contributed by atoms with Crippen molar-refractivity contribution in [2.45, 2.75) is 69.9 Å². The van der Waals surface area contributed by atoms with Crippen LogP contribution in [0.5, 0.6) is 0 Å². The van der Waals surface area contributed by atoms with E-state index in [9.17, 15) is 0 Å². The summed E-state index contributed by atoms with van der Waals surface area (Å²) in [6, 6.07) is 25.4. The molecule has 2 heterocycles. The van der Waals surface area contributed by atoms with Crippen LogP contribution in [-0.2, 0) is 11.2 Å². The molecule has 1 fully saturated rings. The van der Waals surface area contributed by atoms with Gasteiger partial charge in [0.1, 0.15) is 11.9 Å². The Labute approximate surface area is 337 Å². The highest BCUT2D eigenvalue weighted by molar-refractivity contribution is 6.03. The number of rotatable bonds is 7. The highest BCUT2D eigenvalue weighted by atomic mass is 16.5. The lowest BCUT2D eigenvalue weighted by atomic mass is 9.67. The maximum Gasteiger partial charge on any atom is 0.120 e. The molecule has 0 spiro atoms. The standard InChI is InChI=1S/C54H52N2O/c1-3-15-36(16-4-1)39-17-13-18-40(35-39)44-33-34-48(54-53(44)46-23-9-12-28-51(46)57-54)55-47-25-10-7-21-42(47)37-29-31-38(32-30-37)43-24-14-27-50-52(43)45-22-8-11-26-49(45)56(50)41-19-5-2-6-20-41/h1-10,13-15,18-19,21-25,27,29-32,35-36,39,41,44,46,51,53,55H,11-12,16-17,20,26,28,33-34H2. The van der Waals surface area contributed by atoms with E-state index in [0.29, 0.717) is 35.6 Å². The Hall–Kier alpha value is -5.54. The molecule has 1 saturated heterocycles. The number of nitrogens with zero attached hydrogens (tertiary/aromatic N) is 1. The fourth-order valence-corrected chi connectivity index (χ4v) is 11.3. The highest BCUT2D eigenvalue weighted by Crippen LogP contribution is 2.53. The summed E-state index contributed by atoms with van der Waals surface area (Å²) in [6.45, 7) is 0. The van der Waals surface area contributed by atoms with Gasteiger partial charge in [0.25, 0.3) is 0 Å². The number of para-hydroxylation sites is 1. The van der Waals surface area contributed by atoms with Crippen molar-refractivity contribution in [1.29, 1.82) is 0 Å². The molecule has 284 valence electrons. The number of hydrogen-bond acceptors (Lipinski definition) is 2. The van der Waals surface area contributed by atoms with Crippen molar-refractivity contribution >= 4 is 22.7 Å². The maximum absolute atomic E-state index is 7.02. The molecule has 57 heavy (non-hydrogen) atoms. The minimum absolute atomic E-state index is 0.268. The molecule has 1 N–H and O–H groups in total. The summed E-state index contributed by atoms with van der Waals surface area (Å²) in [7, 11) is 0. The SMILES string of the molecule is C1=CCC(C2C=C(C3CCC(Nc4ccccc4-c4ccc(-c5cccc6c5c5c(n6C6C=CC=CC6)CCC=C5)cc4)=C4OC5CCC=CC5C43)C=CC2)C=C1. The van der Waals surface area contributed by atoms with Crippen molar-refractivity contribution in [1.82, 2.24) is 4.57 Å². The van der Waals surface area contributed by atoms with Crippen LogP contribution in [0.4, 0.5) is 5.69 Å². The monoisotopic (exact) mass is 744 g/mol. The normalized spacial score (nSPS) is 28.3. The number of ether oxygens (including phenoxy) is 1. The number of benzene rings is 3. The van der Waals surface area contributed by atoms with Gasteiger partial charge >= 0.3 is 0 Å². The van der Waals surface area contributed by atoms with Crippen LogP contribution in [-0.4, -0.2) is 10.7 Å². The van der Waals surface area contributed by atoms with Crippen molar-refractivity contribution in [2.75, 3.05) is 5.32 Å². The number of anilines is 1. The van der Waals surface area contributed by atoms with Crippen LogP contribution < -0.4 is 5.32 Å². The van der Waals surface area contributed by atoms with Gasteiger partial charge in [-0.3, -0.25) is 0 Å². The fraction of sp³-hybridized carbons (Fsp3) is 0.296. The Morgan fingerprint density at radius 3 is 2.33 bits per heavy atom. The Balaban J connectivity index is 0.910. The zero-order valence-electron chi connectivity index (χ0n) is 32.8. The van der Waals surface area contributed by atoms with Gasteiger partial charge in [-0.25, -0.2) is 0 Å². The summed E-state index contributed by atoms with van der Waals surface area (Å²) < 4.78 is 9.64. The first-order valence-electron chi connectivity index (χ1n) is 21.7. The molecule has 11 rings (SSSR count). The molecule has 0 saturated carbocycles. The van der Waals surface area contributed by atoms with Gasteiger partial charge in [0.15, 0.2) is 0 Å². The number of aromatic nitrogens is 1. The predicted molar refractivity (Wildman–Crippen MR) is 237 cm³/mol. The van der Waals surface area contributed by atoms with Gasteiger partial charge in [-0.05, 0) is 110 Å². The van der Waals surface area contributed by atoms with Crippen molar-refractivity contribution in [3.63, 3.8) is 0 Å². The Morgan fingerprint density at radius 2 is 1.47 bits per heavy atom. The van der Waals surface area contributed by atoms with Crippen LogP contribution in [0.2, 0.25) is 0 Å². The molecular formula is C54H52N2O. The second-order valence-corrected chi connectivity index (χ2v) is 17.2. The average molecular weight is 745 g/mol. The fourth-order valence-electron chi connectivity index (χ4n) is 11.3. The summed E-state index contributed by atoms with van der Waals surface area (Å²) in [5, 5.41) is 5.39. The molecule has 1 aromatic heterocycles. The van der Waals surface area contributed by atoms with E-state index in [1.54, 1.807) is 0 Å². The van der Waals surface area contributed by atoms with E-state index < -0.39 is 0 Å². The number of nitrogens with one attached hydrogen (secondary N) is 1. The molecule has 1 aliphatic heterocycles. The predicted octanol–water partition coefficient (Wildman–Crippen LogP) is 13.6. The van der Waals surface area contributed by atoms with E-state index in [-0.39, 0.29) is 6.10 Å². The first kappa shape index (κ1) is 34.7. The summed E-state index contributed by atoms with van der Waals surface area (Å²) in [5.41, 5.74) is 13.2. The smallest absolute Gasteiger partial charge is 0.120 e. The lowest BCUT2D eigenvalue weighted by Gasteiger charge is -2.36. The minimum Gasteiger partial charge on any atom is -0.492 e. The van der Waals surface area contributed by atoms with Gasteiger partial charge < -0.3 is 14.6 Å². The topological polar surface area (TPSA) is 26.2 Å². The summed E-state index contributed by atoms with van der Waals surface area (Å²) in [5.74, 6) is 3.67. The van der Waals surface area contributed by atoms with Crippen molar-refractivity contribution in [3.05, 3.63) is 180 Å². The van der Waals surface area contributed by atoms with Crippen molar-refractivity contribution in [3.8, 4) is 22.3 Å². The zero-order chi connectivity index (χ0) is 37.7. The molecule has 7 unspecified atom stereocenters. The zero-order valence-corrected chi connectivity index (χ0v) is 32.8. The van der Waals surface area contributed by atoms with Gasteiger partial charge in [-0.1, -0.05) is 146 Å². The molecule has 0 bridgehead atoms. The Kier molecular flexibility index (Phi) is 8.98. The van der Waals surface area contributed by atoms with E-state index in [1.807, 2.05) is 0 Å². The Bertz CT molecular complexity index is 2490. The van der Waals surface area contributed by atoms with Crippen molar-refractivity contribution in [2.24, 2.45) is 29.6 Å². The van der Waals surface area contributed by atoms with E-state index in [2.05, 4.69) is 168 Å². The van der Waals surface area contributed by atoms with Crippen LogP contribution in [0, 0.1) is 29.6 Å². The number of hydrogen-bond donors (Lipinski definition) is 1. The molecule has 7 aliphatic rings.